The topological polar surface area (TPSA) is 121 Å². The van der Waals surface area contributed by atoms with Gasteiger partial charge in [-0.3, -0.25) is 0 Å². The number of esters is 1. The molecule has 1 heterocycles. The van der Waals surface area contributed by atoms with Crippen molar-refractivity contribution in [1.82, 2.24) is 4.90 Å². The van der Waals surface area contributed by atoms with Gasteiger partial charge in [0.25, 0.3) is 0 Å². The third-order valence-corrected chi connectivity index (χ3v) is 5.35. The minimum Gasteiger partial charge on any atom is -0.458 e. The second-order valence-corrected chi connectivity index (χ2v) is 12.2. The van der Waals surface area contributed by atoms with Gasteiger partial charge < -0.3 is 28.8 Å². The van der Waals surface area contributed by atoms with E-state index in [4.69, 9.17) is 23.7 Å². The Kier molecular flexibility index (Phi) is 12.8. The van der Waals surface area contributed by atoms with Gasteiger partial charge in [0.1, 0.15) is 29.5 Å². The van der Waals surface area contributed by atoms with Crippen LogP contribution in [0.2, 0.25) is 0 Å². The number of imide groups is 1. The van der Waals surface area contributed by atoms with E-state index < -0.39 is 53.7 Å². The third kappa shape index (κ3) is 12.5. The van der Waals surface area contributed by atoms with Crippen molar-refractivity contribution in [3.63, 3.8) is 0 Å². The molecule has 10 nitrogen and oxygen atoms in total. The van der Waals surface area contributed by atoms with Crippen LogP contribution in [0.3, 0.4) is 0 Å². The zero-order valence-corrected chi connectivity index (χ0v) is 24.4. The second-order valence-electron chi connectivity index (χ2n) is 12.2. The van der Waals surface area contributed by atoms with Gasteiger partial charge in [-0.15, -0.1) is 0 Å². The Labute approximate surface area is 222 Å². The van der Waals surface area contributed by atoms with Crippen LogP contribution in [0.25, 0.3) is 0 Å². The molecule has 37 heavy (non-hydrogen) atoms. The monoisotopic (exact) mass is 531 g/mol. The van der Waals surface area contributed by atoms with Gasteiger partial charge >= 0.3 is 18.2 Å². The summed E-state index contributed by atoms with van der Waals surface area (Å²) < 4.78 is 28.9. The average molecular weight is 532 g/mol. The maximum atomic E-state index is 13.4. The fraction of sp³-hybridized carbons (Fsp3) is 0.889. The molecule has 0 aliphatic carbocycles. The molecule has 0 aromatic carbocycles. The molecule has 2 amide bonds. The highest BCUT2D eigenvalue weighted by molar-refractivity contribution is 5.94. The number of aliphatic hydroxyl groups is 1. The molecule has 1 aliphatic rings. The first kappa shape index (κ1) is 33.1. The molecular formula is C27H49NO9. The van der Waals surface area contributed by atoms with E-state index in [1.807, 2.05) is 13.8 Å². The van der Waals surface area contributed by atoms with Gasteiger partial charge in [-0.1, -0.05) is 13.8 Å². The summed E-state index contributed by atoms with van der Waals surface area (Å²) in [5.74, 6) is -0.468. The normalized spacial score (nSPS) is 24.4. The van der Waals surface area contributed by atoms with Crippen molar-refractivity contribution in [1.29, 1.82) is 0 Å². The van der Waals surface area contributed by atoms with Gasteiger partial charge in [0, 0.05) is 13.2 Å². The number of cyclic esters (lactones) is 1. The summed E-state index contributed by atoms with van der Waals surface area (Å²) in [6, 6.07) is -1.24. The first-order chi connectivity index (χ1) is 16.9. The number of ether oxygens (including phenoxy) is 5. The van der Waals surface area contributed by atoms with Crippen molar-refractivity contribution < 1.29 is 43.2 Å². The Balaban J connectivity index is 3.29. The molecule has 5 atom stereocenters. The van der Waals surface area contributed by atoms with Gasteiger partial charge in [-0.2, -0.15) is 4.90 Å². The Morgan fingerprint density at radius 2 is 1.54 bits per heavy atom. The molecule has 1 saturated heterocycles. The molecular weight excluding hydrogens is 482 g/mol. The number of carbonyl (C=O) groups excluding carboxylic acids is 3. The number of carbonyl (C=O) groups is 3. The number of hydrogen-bond acceptors (Lipinski definition) is 9. The maximum absolute atomic E-state index is 13.4. The molecule has 0 aromatic heterocycles. The highest BCUT2D eigenvalue weighted by atomic mass is 16.6. The van der Waals surface area contributed by atoms with E-state index in [1.54, 1.807) is 55.4 Å². The molecule has 0 saturated carbocycles. The summed E-state index contributed by atoms with van der Waals surface area (Å²) in [6.45, 7) is 18.3. The Morgan fingerprint density at radius 1 is 1.00 bits per heavy atom. The number of amides is 2. The van der Waals surface area contributed by atoms with E-state index >= 15 is 0 Å². The molecule has 1 unspecified atom stereocenters. The van der Waals surface area contributed by atoms with Crippen LogP contribution in [0, 0.1) is 5.92 Å². The molecule has 1 fully saturated rings. The molecule has 10 heteroatoms. The van der Waals surface area contributed by atoms with E-state index in [-0.39, 0.29) is 25.0 Å². The summed E-state index contributed by atoms with van der Waals surface area (Å²) in [4.78, 5) is 40.4. The lowest BCUT2D eigenvalue weighted by molar-refractivity contribution is -0.171. The van der Waals surface area contributed by atoms with Gasteiger partial charge in [-0.25, -0.2) is 14.4 Å². The predicted octanol–water partition coefficient (Wildman–Crippen LogP) is 4.84. The smallest absolute Gasteiger partial charge is 0.420 e. The van der Waals surface area contributed by atoms with E-state index in [0.29, 0.717) is 25.9 Å². The predicted molar refractivity (Wildman–Crippen MR) is 138 cm³/mol. The first-order valence-corrected chi connectivity index (χ1v) is 13.3. The highest BCUT2D eigenvalue weighted by Gasteiger charge is 2.43. The Morgan fingerprint density at radius 3 is 2.00 bits per heavy atom. The summed E-state index contributed by atoms with van der Waals surface area (Å²) >= 11 is 0. The van der Waals surface area contributed by atoms with Crippen molar-refractivity contribution in [2.75, 3.05) is 13.2 Å². The molecule has 1 rings (SSSR count). The zero-order valence-electron chi connectivity index (χ0n) is 24.4. The number of aliphatic hydroxyl groups excluding tert-OH is 1. The minimum absolute atomic E-state index is 0.145. The van der Waals surface area contributed by atoms with Crippen molar-refractivity contribution in [3.05, 3.63) is 0 Å². The van der Waals surface area contributed by atoms with Crippen molar-refractivity contribution in [2.45, 2.75) is 137 Å². The van der Waals surface area contributed by atoms with Crippen LogP contribution in [-0.2, 0) is 28.5 Å². The van der Waals surface area contributed by atoms with Crippen LogP contribution in [0.15, 0.2) is 0 Å². The largest absolute Gasteiger partial charge is 0.458 e. The molecule has 0 radical (unpaired) electrons. The minimum atomic E-state index is -1.24. The fourth-order valence-electron chi connectivity index (χ4n) is 3.72. The fourth-order valence-corrected chi connectivity index (χ4v) is 3.72. The van der Waals surface area contributed by atoms with Crippen molar-refractivity contribution >= 4 is 18.2 Å². The lowest BCUT2D eigenvalue weighted by Gasteiger charge is -2.33. The van der Waals surface area contributed by atoms with Gasteiger partial charge in [0.15, 0.2) is 0 Å². The van der Waals surface area contributed by atoms with E-state index in [0.717, 1.165) is 4.90 Å². The van der Waals surface area contributed by atoms with Crippen LogP contribution in [0.4, 0.5) is 9.59 Å². The Bertz CT molecular complexity index is 711. The van der Waals surface area contributed by atoms with Crippen LogP contribution in [0.5, 0.6) is 0 Å². The zero-order chi connectivity index (χ0) is 28.6. The standard InChI is InChI=1S/C27H49NO9/c1-17(2)16-34-21-13-11-12-20(23(30)35-19(4)22(21)33-15-14-18(3)29)28(24(31)36-26(5,6)7)25(32)37-27(8,9)10/h17-22,29H,11-16H2,1-10H3/t18?,19-,20-,21-,22-/m0/s1. The molecule has 0 spiro atoms. The molecule has 216 valence electrons. The first-order valence-electron chi connectivity index (χ1n) is 13.3. The summed E-state index contributed by atoms with van der Waals surface area (Å²) in [7, 11) is 0. The molecule has 0 aromatic rings. The lowest BCUT2D eigenvalue weighted by atomic mass is 10.0. The van der Waals surface area contributed by atoms with Crippen molar-refractivity contribution in [3.8, 4) is 0 Å². The number of hydrogen-bond donors (Lipinski definition) is 1. The Hall–Kier alpha value is -1.91. The SMILES string of the molecule is CC(C)CO[C@H]1CCC[C@H](N(C(=O)OC(C)(C)C)C(=O)OC(C)(C)C)C(=O)O[C@@H](C)[C@@H]1OCCC(C)O. The number of nitrogens with zero attached hydrogens (tertiary/aromatic N) is 1. The van der Waals surface area contributed by atoms with Crippen molar-refractivity contribution in [2.24, 2.45) is 5.92 Å². The third-order valence-electron chi connectivity index (χ3n) is 5.35. The van der Waals surface area contributed by atoms with E-state index in [1.165, 1.54) is 0 Å². The molecule has 0 bridgehead atoms. The van der Waals surface area contributed by atoms with Crippen LogP contribution in [0.1, 0.15) is 94.9 Å². The van der Waals surface area contributed by atoms with Gasteiger partial charge in [-0.05, 0) is 87.0 Å². The van der Waals surface area contributed by atoms with Crippen LogP contribution < -0.4 is 0 Å². The molecule has 1 N–H and O–H groups in total. The van der Waals surface area contributed by atoms with Crippen LogP contribution >= 0.6 is 0 Å². The molecule has 1 aliphatic heterocycles. The lowest BCUT2D eigenvalue weighted by Crippen LogP contribution is -2.53. The quantitative estimate of drug-likeness (QED) is 0.346. The highest BCUT2D eigenvalue weighted by Crippen LogP contribution is 2.26. The average Bonchev–Trinajstić information content (AvgIpc) is 2.74. The van der Waals surface area contributed by atoms with Crippen LogP contribution in [-0.4, -0.2) is 83.0 Å². The second kappa shape index (κ2) is 14.3. The summed E-state index contributed by atoms with van der Waals surface area (Å²) in [6.07, 6.45) is -2.67. The summed E-state index contributed by atoms with van der Waals surface area (Å²) in [5, 5.41) is 9.65. The van der Waals surface area contributed by atoms with E-state index in [9.17, 15) is 19.5 Å². The van der Waals surface area contributed by atoms with Gasteiger partial charge in [0.05, 0.1) is 12.2 Å². The maximum Gasteiger partial charge on any atom is 0.420 e. The number of rotatable bonds is 8. The van der Waals surface area contributed by atoms with Gasteiger partial charge in [0.2, 0.25) is 0 Å². The van der Waals surface area contributed by atoms with E-state index in [2.05, 4.69) is 0 Å². The summed E-state index contributed by atoms with van der Waals surface area (Å²) in [5.41, 5.74) is -1.79.